The van der Waals surface area contributed by atoms with Crippen molar-refractivity contribution in [2.75, 3.05) is 14.2 Å². The molecule has 0 spiro atoms. The summed E-state index contributed by atoms with van der Waals surface area (Å²) in [4.78, 5) is 24.1. The first-order valence-corrected chi connectivity index (χ1v) is 8.88. The highest BCUT2D eigenvalue weighted by atomic mass is 79.9. The molecule has 0 radical (unpaired) electrons. The maximum absolute atomic E-state index is 12.6. The van der Waals surface area contributed by atoms with Crippen molar-refractivity contribution in [2.24, 2.45) is 0 Å². The number of esters is 1. The first-order valence-electron chi connectivity index (χ1n) is 8.09. The molecule has 0 N–H and O–H groups in total. The second-order valence-corrected chi connectivity index (χ2v) is 6.68. The van der Waals surface area contributed by atoms with Crippen LogP contribution >= 0.6 is 15.9 Å². The molecule has 0 saturated heterocycles. The van der Waals surface area contributed by atoms with E-state index in [9.17, 15) is 9.59 Å². The highest BCUT2D eigenvalue weighted by Crippen LogP contribution is 2.36. The van der Waals surface area contributed by atoms with Crippen LogP contribution in [0.3, 0.4) is 0 Å². The fourth-order valence-electron chi connectivity index (χ4n) is 2.62. The number of fused-ring (bicyclic) bond motifs is 1. The number of allylic oxidation sites excluding steroid dienone is 1. The summed E-state index contributed by atoms with van der Waals surface area (Å²) in [5.74, 6) is 0.846. The molecule has 1 aliphatic rings. The van der Waals surface area contributed by atoms with Gasteiger partial charge in [0, 0.05) is 16.1 Å². The number of hydrogen-bond donors (Lipinski definition) is 0. The Hall–Kier alpha value is -2.80. The van der Waals surface area contributed by atoms with Gasteiger partial charge in [-0.1, -0.05) is 15.9 Å². The van der Waals surface area contributed by atoms with E-state index in [1.807, 2.05) is 12.1 Å². The predicted molar refractivity (Wildman–Crippen MR) is 102 cm³/mol. The van der Waals surface area contributed by atoms with Gasteiger partial charge in [-0.3, -0.25) is 4.79 Å². The number of halogens is 1. The van der Waals surface area contributed by atoms with E-state index in [0.29, 0.717) is 28.4 Å². The lowest BCUT2D eigenvalue weighted by molar-refractivity contribution is -0.147. The minimum atomic E-state index is -0.772. The monoisotopic (exact) mass is 432 g/mol. The van der Waals surface area contributed by atoms with E-state index in [0.717, 1.165) is 4.47 Å². The van der Waals surface area contributed by atoms with E-state index < -0.39 is 12.1 Å². The molecule has 0 bridgehead atoms. The molecule has 140 valence electrons. The van der Waals surface area contributed by atoms with Gasteiger partial charge in [-0.15, -0.1) is 0 Å². The summed E-state index contributed by atoms with van der Waals surface area (Å²) < 4.78 is 22.0. The van der Waals surface area contributed by atoms with Crippen molar-refractivity contribution < 1.29 is 28.5 Å². The summed E-state index contributed by atoms with van der Waals surface area (Å²) in [6.07, 6.45) is 0.856. The topological polar surface area (TPSA) is 71.1 Å². The fourth-order valence-corrected chi connectivity index (χ4v) is 3.00. The number of hydrogen-bond acceptors (Lipinski definition) is 6. The molecule has 0 amide bonds. The maximum atomic E-state index is 12.6. The van der Waals surface area contributed by atoms with Gasteiger partial charge in [0.15, 0.2) is 11.9 Å². The highest BCUT2D eigenvalue weighted by Gasteiger charge is 2.28. The predicted octanol–water partition coefficient (Wildman–Crippen LogP) is 4.01. The third-order valence-electron chi connectivity index (χ3n) is 3.97. The molecule has 0 aliphatic carbocycles. The van der Waals surface area contributed by atoms with Crippen LogP contribution in [0, 0.1) is 0 Å². The lowest BCUT2D eigenvalue weighted by atomic mass is 10.1. The average Bonchev–Trinajstić information content (AvgIpc) is 2.96. The van der Waals surface area contributed by atoms with Gasteiger partial charge in [0.2, 0.25) is 5.78 Å². The molecule has 2 aromatic rings. The van der Waals surface area contributed by atoms with Crippen LogP contribution < -0.4 is 14.2 Å². The Balaban J connectivity index is 1.87. The number of ketones is 1. The van der Waals surface area contributed by atoms with Gasteiger partial charge in [-0.05, 0) is 43.3 Å². The smallest absolute Gasteiger partial charge is 0.346 e. The van der Waals surface area contributed by atoms with Gasteiger partial charge in [-0.25, -0.2) is 4.79 Å². The van der Waals surface area contributed by atoms with Crippen LogP contribution in [0.4, 0.5) is 0 Å². The number of ether oxygens (including phenoxy) is 4. The maximum Gasteiger partial charge on any atom is 0.346 e. The van der Waals surface area contributed by atoms with Gasteiger partial charge in [0.05, 0.1) is 19.8 Å². The van der Waals surface area contributed by atoms with E-state index >= 15 is 0 Å². The van der Waals surface area contributed by atoms with Gasteiger partial charge >= 0.3 is 5.97 Å². The van der Waals surface area contributed by atoms with E-state index in [1.165, 1.54) is 7.11 Å². The Labute approximate surface area is 164 Å². The van der Waals surface area contributed by atoms with Gasteiger partial charge in [-0.2, -0.15) is 0 Å². The molecule has 0 saturated carbocycles. The Bertz CT molecular complexity index is 934. The lowest BCUT2D eigenvalue weighted by Crippen LogP contribution is -2.24. The SMILES string of the molecule is COC(=O)C(C)Oc1ccc2c(c1)O/C(=C\c1cc(Br)ccc1OC)C2=O. The van der Waals surface area contributed by atoms with E-state index in [2.05, 4.69) is 20.7 Å². The number of rotatable bonds is 5. The number of Topliss-reactive ketones (excluding diaryl/α,β-unsaturated/α-hetero) is 1. The standard InChI is InChI=1S/C20H17BrO6/c1-11(20(23)25-3)26-14-5-6-15-17(10-14)27-18(19(15)22)9-12-8-13(21)4-7-16(12)24-2/h4-11H,1-3H3/b18-9-. The van der Waals surface area contributed by atoms with Crippen LogP contribution in [0.1, 0.15) is 22.8 Å². The van der Waals surface area contributed by atoms with Gasteiger partial charge in [0.1, 0.15) is 17.2 Å². The van der Waals surface area contributed by atoms with Crippen molar-refractivity contribution in [3.05, 3.63) is 57.8 Å². The zero-order valence-electron chi connectivity index (χ0n) is 14.9. The molecule has 7 heteroatoms. The molecule has 1 atom stereocenters. The highest BCUT2D eigenvalue weighted by molar-refractivity contribution is 9.10. The molecule has 1 unspecified atom stereocenters. The normalized spacial score (nSPS) is 15.1. The second-order valence-electron chi connectivity index (χ2n) is 5.77. The van der Waals surface area contributed by atoms with Crippen LogP contribution in [-0.2, 0) is 9.53 Å². The largest absolute Gasteiger partial charge is 0.496 e. The summed E-state index contributed by atoms with van der Waals surface area (Å²) in [5.41, 5.74) is 1.13. The Morgan fingerprint density at radius 1 is 1.19 bits per heavy atom. The third kappa shape index (κ3) is 3.98. The van der Waals surface area contributed by atoms with Crippen LogP contribution in [0.5, 0.6) is 17.2 Å². The quantitative estimate of drug-likeness (QED) is 0.524. The summed E-state index contributed by atoms with van der Waals surface area (Å²) in [6, 6.07) is 10.3. The first kappa shape index (κ1) is 19.0. The summed E-state index contributed by atoms with van der Waals surface area (Å²) in [5, 5.41) is 0. The summed E-state index contributed by atoms with van der Waals surface area (Å²) >= 11 is 3.40. The van der Waals surface area contributed by atoms with Crippen molar-refractivity contribution in [3.8, 4) is 17.2 Å². The molecule has 3 rings (SSSR count). The van der Waals surface area contributed by atoms with Crippen molar-refractivity contribution >= 4 is 33.8 Å². The summed E-state index contributed by atoms with van der Waals surface area (Å²) in [6.45, 7) is 1.58. The van der Waals surface area contributed by atoms with Crippen molar-refractivity contribution in [1.29, 1.82) is 0 Å². The molecule has 1 aliphatic heterocycles. The van der Waals surface area contributed by atoms with Gasteiger partial charge in [0.25, 0.3) is 0 Å². The summed E-state index contributed by atoms with van der Waals surface area (Å²) in [7, 11) is 2.85. The fraction of sp³-hybridized carbons (Fsp3) is 0.200. The van der Waals surface area contributed by atoms with Gasteiger partial charge < -0.3 is 18.9 Å². The number of methoxy groups -OCH3 is 2. The minimum absolute atomic E-state index is 0.180. The van der Waals surface area contributed by atoms with E-state index in [-0.39, 0.29) is 11.5 Å². The molecule has 0 aromatic heterocycles. The Morgan fingerprint density at radius 3 is 2.67 bits per heavy atom. The molecular weight excluding hydrogens is 416 g/mol. The molecule has 0 fully saturated rings. The number of carbonyl (C=O) groups is 2. The Morgan fingerprint density at radius 2 is 1.96 bits per heavy atom. The van der Waals surface area contributed by atoms with Crippen LogP contribution in [-0.4, -0.2) is 32.1 Å². The first-order chi connectivity index (χ1) is 12.9. The van der Waals surface area contributed by atoms with Crippen molar-refractivity contribution in [1.82, 2.24) is 0 Å². The van der Waals surface area contributed by atoms with Crippen LogP contribution in [0.15, 0.2) is 46.6 Å². The van der Waals surface area contributed by atoms with Crippen LogP contribution in [0.25, 0.3) is 6.08 Å². The molecule has 27 heavy (non-hydrogen) atoms. The second kappa shape index (κ2) is 7.84. The number of carbonyl (C=O) groups excluding carboxylic acids is 2. The molecular formula is C20H17BrO6. The Kier molecular flexibility index (Phi) is 5.51. The third-order valence-corrected chi connectivity index (χ3v) is 4.46. The molecule has 6 nitrogen and oxygen atoms in total. The lowest BCUT2D eigenvalue weighted by Gasteiger charge is -2.12. The van der Waals surface area contributed by atoms with Crippen molar-refractivity contribution in [3.63, 3.8) is 0 Å². The molecule has 1 heterocycles. The van der Waals surface area contributed by atoms with E-state index in [4.69, 9.17) is 14.2 Å². The molecule has 2 aromatic carbocycles. The zero-order chi connectivity index (χ0) is 19.6. The average molecular weight is 433 g/mol. The van der Waals surface area contributed by atoms with Crippen LogP contribution in [0.2, 0.25) is 0 Å². The zero-order valence-corrected chi connectivity index (χ0v) is 16.5. The number of benzene rings is 2. The van der Waals surface area contributed by atoms with Crippen molar-refractivity contribution in [2.45, 2.75) is 13.0 Å². The van der Waals surface area contributed by atoms with E-state index in [1.54, 1.807) is 44.4 Å². The minimum Gasteiger partial charge on any atom is -0.496 e.